The van der Waals surface area contributed by atoms with Crippen LogP contribution in [0.1, 0.15) is 64.4 Å². The van der Waals surface area contributed by atoms with Crippen LogP contribution in [0.2, 0.25) is 0 Å². The Morgan fingerprint density at radius 2 is 1.69 bits per heavy atom. The van der Waals surface area contributed by atoms with Crippen molar-refractivity contribution in [3.05, 3.63) is 35.9 Å². The zero-order chi connectivity index (χ0) is 20.9. The number of benzene rings is 1. The van der Waals surface area contributed by atoms with Crippen molar-refractivity contribution in [3.8, 4) is 0 Å². The fourth-order valence-corrected chi connectivity index (χ4v) is 7.81. The zero-order valence-electron chi connectivity index (χ0n) is 18.1. The Kier molecular flexibility index (Phi) is 5.61. The van der Waals surface area contributed by atoms with Crippen LogP contribution < -0.4 is 5.73 Å². The fourth-order valence-electron chi connectivity index (χ4n) is 7.81. The molecule has 1 aromatic carbocycles. The molecule has 0 spiro atoms. The molecule has 3 aliphatic rings. The molecule has 29 heavy (non-hydrogen) atoms. The molecule has 0 aliphatic heterocycles. The summed E-state index contributed by atoms with van der Waals surface area (Å²) in [6.45, 7) is 5.38. The van der Waals surface area contributed by atoms with Crippen LogP contribution >= 0.6 is 0 Å². The van der Waals surface area contributed by atoms with E-state index in [1.807, 2.05) is 18.2 Å². The highest BCUT2D eigenvalue weighted by Crippen LogP contribution is 2.67. The standard InChI is InChI=1S/C25H39NO3/c1-23(11-8-19(28)14-18(23)16-27)21-9-12-24(2)22(20(21)15-26)10-13-25(24,29)17-6-4-3-5-7-17/h3-7,18-22,27-29H,8-16,26H2,1-2H3. The molecule has 0 heterocycles. The minimum Gasteiger partial charge on any atom is -0.396 e. The van der Waals surface area contributed by atoms with Gasteiger partial charge in [0.1, 0.15) is 0 Å². The fraction of sp³-hybridized carbons (Fsp3) is 0.760. The van der Waals surface area contributed by atoms with Gasteiger partial charge < -0.3 is 21.1 Å². The van der Waals surface area contributed by atoms with Gasteiger partial charge in [0.15, 0.2) is 0 Å². The van der Waals surface area contributed by atoms with Gasteiger partial charge in [0.2, 0.25) is 0 Å². The molecule has 3 aliphatic carbocycles. The molecule has 0 saturated heterocycles. The topological polar surface area (TPSA) is 86.7 Å². The molecule has 8 atom stereocenters. The lowest BCUT2D eigenvalue weighted by Gasteiger charge is -2.58. The Balaban J connectivity index is 1.66. The van der Waals surface area contributed by atoms with Crippen LogP contribution in [0, 0.1) is 34.5 Å². The van der Waals surface area contributed by atoms with Gasteiger partial charge in [-0.05, 0) is 86.1 Å². The zero-order valence-corrected chi connectivity index (χ0v) is 18.1. The van der Waals surface area contributed by atoms with Gasteiger partial charge in [0.25, 0.3) is 0 Å². The van der Waals surface area contributed by atoms with Crippen molar-refractivity contribution in [2.75, 3.05) is 13.2 Å². The average Bonchev–Trinajstić information content (AvgIpc) is 3.01. The van der Waals surface area contributed by atoms with E-state index in [1.165, 1.54) is 0 Å². The highest BCUT2D eigenvalue weighted by Gasteiger charge is 2.63. The SMILES string of the molecule is CC1(C2CCC3(C)C(CCC3(O)c3ccccc3)C2CN)CCC(O)CC1CO. The van der Waals surface area contributed by atoms with E-state index in [9.17, 15) is 15.3 Å². The first-order valence-electron chi connectivity index (χ1n) is 11.6. The van der Waals surface area contributed by atoms with Crippen molar-refractivity contribution in [3.63, 3.8) is 0 Å². The van der Waals surface area contributed by atoms with Gasteiger partial charge in [-0.3, -0.25) is 0 Å². The normalized spacial score (nSPS) is 47.7. The Morgan fingerprint density at radius 3 is 2.34 bits per heavy atom. The average molecular weight is 402 g/mol. The number of rotatable bonds is 4. The van der Waals surface area contributed by atoms with Crippen molar-refractivity contribution in [2.45, 2.75) is 70.5 Å². The van der Waals surface area contributed by atoms with Crippen LogP contribution in [0.5, 0.6) is 0 Å². The van der Waals surface area contributed by atoms with E-state index in [0.717, 1.165) is 44.1 Å². The second-order valence-corrected chi connectivity index (χ2v) is 10.6. The largest absolute Gasteiger partial charge is 0.396 e. The predicted octanol–water partition coefficient (Wildman–Crippen LogP) is 3.44. The highest BCUT2D eigenvalue weighted by atomic mass is 16.3. The van der Waals surface area contributed by atoms with Crippen LogP contribution in [0.4, 0.5) is 0 Å². The Hall–Kier alpha value is -0.940. The van der Waals surface area contributed by atoms with Gasteiger partial charge in [-0.1, -0.05) is 44.2 Å². The lowest BCUT2D eigenvalue weighted by molar-refractivity contribution is -0.144. The molecule has 4 heteroatoms. The second kappa shape index (κ2) is 7.64. The molecular formula is C25H39NO3. The van der Waals surface area contributed by atoms with E-state index in [4.69, 9.17) is 5.73 Å². The van der Waals surface area contributed by atoms with E-state index in [2.05, 4.69) is 26.0 Å². The van der Waals surface area contributed by atoms with E-state index >= 15 is 0 Å². The molecule has 0 bridgehead atoms. The lowest BCUT2D eigenvalue weighted by Crippen LogP contribution is -2.55. The number of hydrogen-bond acceptors (Lipinski definition) is 4. The number of fused-ring (bicyclic) bond motifs is 1. The first kappa shape index (κ1) is 21.3. The summed E-state index contributed by atoms with van der Waals surface area (Å²) < 4.78 is 0. The van der Waals surface area contributed by atoms with E-state index < -0.39 is 5.60 Å². The van der Waals surface area contributed by atoms with E-state index in [1.54, 1.807) is 0 Å². The van der Waals surface area contributed by atoms with Gasteiger partial charge in [-0.2, -0.15) is 0 Å². The van der Waals surface area contributed by atoms with Crippen molar-refractivity contribution in [2.24, 2.45) is 40.2 Å². The van der Waals surface area contributed by atoms with Gasteiger partial charge >= 0.3 is 0 Å². The summed E-state index contributed by atoms with van der Waals surface area (Å²) in [5.74, 6) is 1.30. The van der Waals surface area contributed by atoms with Crippen molar-refractivity contribution in [1.29, 1.82) is 0 Å². The predicted molar refractivity (Wildman–Crippen MR) is 115 cm³/mol. The molecule has 0 aromatic heterocycles. The maximum absolute atomic E-state index is 11.9. The highest BCUT2D eigenvalue weighted by molar-refractivity contribution is 5.29. The summed E-state index contributed by atoms with van der Waals surface area (Å²) in [6, 6.07) is 10.2. The summed E-state index contributed by atoms with van der Waals surface area (Å²) in [6.07, 6.45) is 5.98. The third-order valence-corrected chi connectivity index (χ3v) is 9.69. The molecule has 4 rings (SSSR count). The molecule has 8 unspecified atom stereocenters. The monoisotopic (exact) mass is 401 g/mol. The minimum absolute atomic E-state index is 0.00675. The van der Waals surface area contributed by atoms with Crippen LogP contribution in [0.3, 0.4) is 0 Å². The van der Waals surface area contributed by atoms with Crippen molar-refractivity contribution in [1.82, 2.24) is 0 Å². The van der Waals surface area contributed by atoms with Crippen molar-refractivity contribution < 1.29 is 15.3 Å². The number of nitrogens with two attached hydrogens (primary N) is 1. The molecule has 5 N–H and O–H groups in total. The van der Waals surface area contributed by atoms with Crippen LogP contribution in [0.25, 0.3) is 0 Å². The first-order chi connectivity index (χ1) is 13.8. The summed E-state index contributed by atoms with van der Waals surface area (Å²) in [5, 5.41) is 32.2. The van der Waals surface area contributed by atoms with Crippen LogP contribution in [-0.4, -0.2) is 34.6 Å². The smallest absolute Gasteiger partial charge is 0.0952 e. The number of aliphatic hydroxyl groups excluding tert-OH is 2. The van der Waals surface area contributed by atoms with E-state index in [0.29, 0.717) is 30.7 Å². The number of hydrogen-bond donors (Lipinski definition) is 4. The molecule has 4 nitrogen and oxygen atoms in total. The molecular weight excluding hydrogens is 362 g/mol. The van der Waals surface area contributed by atoms with Gasteiger partial charge in [-0.25, -0.2) is 0 Å². The molecule has 1 aromatic rings. The van der Waals surface area contributed by atoms with Gasteiger partial charge in [-0.15, -0.1) is 0 Å². The van der Waals surface area contributed by atoms with Crippen LogP contribution in [-0.2, 0) is 5.60 Å². The third-order valence-electron chi connectivity index (χ3n) is 9.69. The third kappa shape index (κ3) is 3.10. The Labute approximate surface area is 175 Å². The summed E-state index contributed by atoms with van der Waals surface area (Å²) >= 11 is 0. The molecule has 0 radical (unpaired) electrons. The maximum atomic E-state index is 11.9. The molecule has 3 fully saturated rings. The molecule has 0 amide bonds. The first-order valence-corrected chi connectivity index (χ1v) is 11.6. The lowest BCUT2D eigenvalue weighted by atomic mass is 9.48. The number of aliphatic hydroxyl groups is 3. The van der Waals surface area contributed by atoms with E-state index in [-0.39, 0.29) is 29.5 Å². The summed E-state index contributed by atoms with van der Waals surface area (Å²) in [5.41, 5.74) is 6.50. The van der Waals surface area contributed by atoms with Gasteiger partial charge in [0.05, 0.1) is 11.7 Å². The summed E-state index contributed by atoms with van der Waals surface area (Å²) in [7, 11) is 0. The minimum atomic E-state index is -0.794. The summed E-state index contributed by atoms with van der Waals surface area (Å²) in [4.78, 5) is 0. The Morgan fingerprint density at radius 1 is 1.00 bits per heavy atom. The maximum Gasteiger partial charge on any atom is 0.0952 e. The van der Waals surface area contributed by atoms with Gasteiger partial charge in [0, 0.05) is 12.0 Å². The molecule has 3 saturated carbocycles. The van der Waals surface area contributed by atoms with Crippen LogP contribution in [0.15, 0.2) is 30.3 Å². The van der Waals surface area contributed by atoms with Crippen molar-refractivity contribution >= 4 is 0 Å². The molecule has 162 valence electrons. The Bertz CT molecular complexity index is 711. The second-order valence-electron chi connectivity index (χ2n) is 10.6. The quantitative estimate of drug-likeness (QED) is 0.622.